The Morgan fingerprint density at radius 3 is 2.56 bits per heavy atom. The minimum absolute atomic E-state index is 0.00436. The molecular weight excluding hydrogens is 254 g/mol. The fourth-order valence-corrected chi connectivity index (χ4v) is 2.83. The van der Waals surface area contributed by atoms with Gasteiger partial charge in [0.15, 0.2) is 0 Å². The van der Waals surface area contributed by atoms with Crippen molar-refractivity contribution in [3.63, 3.8) is 0 Å². The van der Waals surface area contributed by atoms with E-state index >= 15 is 0 Å². The molecule has 0 radical (unpaired) electrons. The first kappa shape index (κ1) is 14.4. The summed E-state index contributed by atoms with van der Waals surface area (Å²) in [5.74, 6) is 0. The van der Waals surface area contributed by atoms with Gasteiger partial charge >= 0.3 is 0 Å². The van der Waals surface area contributed by atoms with Crippen molar-refractivity contribution in [2.75, 3.05) is 12.3 Å². The molecule has 0 aliphatic heterocycles. The summed E-state index contributed by atoms with van der Waals surface area (Å²) in [4.78, 5) is -0.108. The van der Waals surface area contributed by atoms with Crippen molar-refractivity contribution in [3.8, 4) is 6.07 Å². The molecule has 0 aliphatic carbocycles. The van der Waals surface area contributed by atoms with Gasteiger partial charge in [0, 0.05) is 0 Å². The molecule has 0 aliphatic rings. The molecule has 0 heterocycles. The average Bonchev–Trinajstić information content (AvgIpc) is 2.27. The maximum Gasteiger partial charge on any atom is 0.243 e. The number of nitrogens with zero attached hydrogens (tertiary/aromatic N) is 1. The molecule has 0 unspecified atom stereocenters. The van der Waals surface area contributed by atoms with Gasteiger partial charge in [0.1, 0.15) is 4.90 Å². The number of aliphatic hydroxyl groups is 1. The van der Waals surface area contributed by atoms with Gasteiger partial charge in [-0.2, -0.15) is 5.26 Å². The van der Waals surface area contributed by atoms with E-state index in [1.54, 1.807) is 13.8 Å². The van der Waals surface area contributed by atoms with Crippen molar-refractivity contribution in [2.45, 2.75) is 24.3 Å². The molecule has 1 aromatic carbocycles. The zero-order valence-electron chi connectivity index (χ0n) is 10.1. The Labute approximate surface area is 106 Å². The third-order valence-corrected chi connectivity index (χ3v) is 4.01. The Kier molecular flexibility index (Phi) is 3.96. The molecule has 1 rings (SSSR count). The Bertz CT molecular complexity index is 588. The zero-order chi connectivity index (χ0) is 14.0. The Morgan fingerprint density at radius 1 is 1.50 bits per heavy atom. The third kappa shape index (κ3) is 3.20. The van der Waals surface area contributed by atoms with Gasteiger partial charge in [-0.05, 0) is 32.0 Å². The van der Waals surface area contributed by atoms with Crippen LogP contribution in [0.1, 0.15) is 19.4 Å². The molecule has 7 heteroatoms. The average molecular weight is 269 g/mol. The lowest BCUT2D eigenvalue weighted by atomic mass is 10.1. The van der Waals surface area contributed by atoms with Crippen molar-refractivity contribution in [1.82, 2.24) is 4.72 Å². The van der Waals surface area contributed by atoms with Gasteiger partial charge in [-0.3, -0.25) is 0 Å². The maximum atomic E-state index is 12.0. The summed E-state index contributed by atoms with van der Waals surface area (Å²) in [6.07, 6.45) is 0. The van der Waals surface area contributed by atoms with Gasteiger partial charge in [-0.25, -0.2) is 13.1 Å². The standard InChI is InChI=1S/C11H15N3O3S/c1-11(2,7-15)14-18(16,17)10-4-3-8(6-12)5-9(10)13/h3-5,14-15H,7,13H2,1-2H3. The first-order valence-electron chi connectivity index (χ1n) is 5.16. The van der Waals surface area contributed by atoms with E-state index in [1.807, 2.05) is 6.07 Å². The van der Waals surface area contributed by atoms with E-state index in [1.165, 1.54) is 18.2 Å². The molecule has 4 N–H and O–H groups in total. The van der Waals surface area contributed by atoms with Gasteiger partial charge in [-0.1, -0.05) is 0 Å². The van der Waals surface area contributed by atoms with Crippen LogP contribution in [-0.2, 0) is 10.0 Å². The van der Waals surface area contributed by atoms with Gasteiger partial charge in [0.25, 0.3) is 0 Å². The summed E-state index contributed by atoms with van der Waals surface area (Å²) in [5, 5.41) is 17.7. The normalized spacial score (nSPS) is 12.1. The van der Waals surface area contributed by atoms with E-state index in [9.17, 15) is 8.42 Å². The summed E-state index contributed by atoms with van der Waals surface area (Å²) in [7, 11) is -3.83. The summed E-state index contributed by atoms with van der Waals surface area (Å²) in [5.41, 5.74) is 4.90. The lowest BCUT2D eigenvalue weighted by Crippen LogP contribution is -2.46. The number of nitrogens with one attached hydrogen (secondary N) is 1. The Hall–Kier alpha value is -1.62. The fourth-order valence-electron chi connectivity index (χ4n) is 1.31. The highest BCUT2D eigenvalue weighted by molar-refractivity contribution is 7.89. The van der Waals surface area contributed by atoms with Crippen LogP contribution in [0.3, 0.4) is 0 Å². The van der Waals surface area contributed by atoms with Crippen molar-refractivity contribution in [3.05, 3.63) is 23.8 Å². The third-order valence-electron chi connectivity index (χ3n) is 2.23. The number of aliphatic hydroxyl groups excluding tert-OH is 1. The number of hydrogen-bond donors (Lipinski definition) is 3. The monoisotopic (exact) mass is 269 g/mol. The first-order valence-corrected chi connectivity index (χ1v) is 6.64. The summed E-state index contributed by atoms with van der Waals surface area (Å²) < 4.78 is 26.4. The Morgan fingerprint density at radius 2 is 2.11 bits per heavy atom. The van der Waals surface area contributed by atoms with Crippen LogP contribution in [0.15, 0.2) is 23.1 Å². The highest BCUT2D eigenvalue weighted by Gasteiger charge is 2.26. The van der Waals surface area contributed by atoms with E-state index in [4.69, 9.17) is 16.1 Å². The quantitative estimate of drug-likeness (QED) is 0.675. The lowest BCUT2D eigenvalue weighted by molar-refractivity contribution is 0.208. The van der Waals surface area contributed by atoms with Crippen molar-refractivity contribution >= 4 is 15.7 Å². The highest BCUT2D eigenvalue weighted by Crippen LogP contribution is 2.21. The van der Waals surface area contributed by atoms with Crippen molar-refractivity contribution in [1.29, 1.82) is 5.26 Å². The smallest absolute Gasteiger partial charge is 0.243 e. The minimum Gasteiger partial charge on any atom is -0.398 e. The van der Waals surface area contributed by atoms with Crippen LogP contribution < -0.4 is 10.5 Å². The minimum atomic E-state index is -3.83. The van der Waals surface area contributed by atoms with E-state index in [0.29, 0.717) is 0 Å². The van der Waals surface area contributed by atoms with Gasteiger partial charge in [0.05, 0.1) is 29.5 Å². The first-order chi connectivity index (χ1) is 8.22. The second-order valence-corrected chi connectivity index (χ2v) is 6.16. The predicted octanol–water partition coefficient (Wildman–Crippen LogP) is 0.190. The van der Waals surface area contributed by atoms with Crippen LogP contribution in [0.25, 0.3) is 0 Å². The van der Waals surface area contributed by atoms with Crippen LogP contribution in [0.2, 0.25) is 0 Å². The van der Waals surface area contributed by atoms with Crippen molar-refractivity contribution in [2.24, 2.45) is 0 Å². The lowest BCUT2D eigenvalue weighted by Gasteiger charge is -2.23. The topological polar surface area (TPSA) is 116 Å². The molecule has 0 spiro atoms. The molecule has 0 amide bonds. The van der Waals surface area contributed by atoms with Crippen LogP contribution in [0, 0.1) is 11.3 Å². The summed E-state index contributed by atoms with van der Waals surface area (Å²) >= 11 is 0. The maximum absolute atomic E-state index is 12.0. The van der Waals surface area contributed by atoms with Crippen LogP contribution in [-0.4, -0.2) is 25.7 Å². The van der Waals surface area contributed by atoms with E-state index in [0.717, 1.165) is 0 Å². The fraction of sp³-hybridized carbons (Fsp3) is 0.364. The molecule has 0 saturated heterocycles. The van der Waals surface area contributed by atoms with Gasteiger partial charge in [-0.15, -0.1) is 0 Å². The molecule has 98 valence electrons. The SMILES string of the molecule is CC(C)(CO)NS(=O)(=O)c1ccc(C#N)cc1N. The number of nitriles is 1. The summed E-state index contributed by atoms with van der Waals surface area (Å²) in [6.45, 7) is 2.75. The van der Waals surface area contributed by atoms with E-state index in [-0.39, 0.29) is 22.8 Å². The molecule has 0 bridgehead atoms. The Balaban J connectivity index is 3.19. The number of rotatable bonds is 4. The number of nitrogen functional groups attached to an aromatic ring is 1. The predicted molar refractivity (Wildman–Crippen MR) is 67.1 cm³/mol. The van der Waals surface area contributed by atoms with E-state index in [2.05, 4.69) is 4.72 Å². The van der Waals surface area contributed by atoms with Crippen LogP contribution >= 0.6 is 0 Å². The molecule has 6 nitrogen and oxygen atoms in total. The molecule has 0 aromatic heterocycles. The van der Waals surface area contributed by atoms with Gasteiger partial charge in [0.2, 0.25) is 10.0 Å². The molecule has 0 atom stereocenters. The van der Waals surface area contributed by atoms with E-state index < -0.39 is 15.6 Å². The number of nitrogens with two attached hydrogens (primary N) is 1. The number of anilines is 1. The molecule has 18 heavy (non-hydrogen) atoms. The molecular formula is C11H15N3O3S. The largest absolute Gasteiger partial charge is 0.398 e. The molecule has 1 aromatic rings. The molecule has 0 fully saturated rings. The second kappa shape index (κ2) is 4.94. The molecule has 0 saturated carbocycles. The number of sulfonamides is 1. The van der Waals surface area contributed by atoms with Crippen LogP contribution in [0.5, 0.6) is 0 Å². The van der Waals surface area contributed by atoms with Gasteiger partial charge < -0.3 is 10.8 Å². The number of benzene rings is 1. The highest BCUT2D eigenvalue weighted by atomic mass is 32.2. The number of hydrogen-bond acceptors (Lipinski definition) is 5. The van der Waals surface area contributed by atoms with Crippen molar-refractivity contribution < 1.29 is 13.5 Å². The second-order valence-electron chi connectivity index (χ2n) is 4.51. The van der Waals surface area contributed by atoms with Crippen LogP contribution in [0.4, 0.5) is 5.69 Å². The summed E-state index contributed by atoms with van der Waals surface area (Å²) in [6, 6.07) is 5.80. The zero-order valence-corrected chi connectivity index (χ0v) is 11.0.